The Bertz CT molecular complexity index is 494. The zero-order valence-electron chi connectivity index (χ0n) is 11.1. The maximum atomic E-state index is 11.9. The van der Waals surface area contributed by atoms with Gasteiger partial charge in [0.25, 0.3) is 5.91 Å². The van der Waals surface area contributed by atoms with Gasteiger partial charge in [-0.25, -0.2) is 0 Å². The third-order valence-corrected chi connectivity index (χ3v) is 3.12. The lowest BCUT2D eigenvalue weighted by atomic mass is 10.0. The number of esters is 1. The van der Waals surface area contributed by atoms with Crippen molar-refractivity contribution in [2.75, 3.05) is 11.9 Å². The van der Waals surface area contributed by atoms with E-state index < -0.39 is 0 Å². The Morgan fingerprint density at radius 2 is 2.16 bits per heavy atom. The molecule has 1 heterocycles. The molecule has 0 spiro atoms. The van der Waals surface area contributed by atoms with Crippen LogP contribution in [0.5, 0.6) is 11.5 Å². The first-order valence-corrected chi connectivity index (χ1v) is 6.42. The smallest absolute Gasteiger partial charge is 0.314 e. The largest absolute Gasteiger partial charge is 0.481 e. The molecule has 1 N–H and O–H groups in total. The van der Waals surface area contributed by atoms with Gasteiger partial charge in [0.15, 0.2) is 6.61 Å². The second-order valence-electron chi connectivity index (χ2n) is 4.43. The van der Waals surface area contributed by atoms with Crippen molar-refractivity contribution in [3.05, 3.63) is 18.2 Å². The molecule has 0 atom stereocenters. The highest BCUT2D eigenvalue weighted by Crippen LogP contribution is 2.32. The number of nitrogens with one attached hydrogen (secondary N) is 1. The van der Waals surface area contributed by atoms with Gasteiger partial charge in [0, 0.05) is 6.07 Å². The van der Waals surface area contributed by atoms with E-state index in [-0.39, 0.29) is 24.4 Å². The van der Waals surface area contributed by atoms with Crippen molar-refractivity contribution in [1.29, 1.82) is 0 Å². The van der Waals surface area contributed by atoms with Crippen LogP contribution < -0.4 is 14.8 Å². The second kappa shape index (κ2) is 5.73. The molecule has 2 rings (SSSR count). The van der Waals surface area contributed by atoms with Gasteiger partial charge in [-0.1, -0.05) is 13.8 Å². The number of amides is 1. The minimum absolute atomic E-state index is 0.0169. The Balaban J connectivity index is 2.10. The van der Waals surface area contributed by atoms with Gasteiger partial charge < -0.3 is 14.8 Å². The highest BCUT2D eigenvalue weighted by Gasteiger charge is 2.19. The molecule has 1 aromatic rings. The maximum Gasteiger partial charge on any atom is 0.314 e. The molecule has 1 aliphatic heterocycles. The van der Waals surface area contributed by atoms with Crippen LogP contribution >= 0.6 is 0 Å². The van der Waals surface area contributed by atoms with Gasteiger partial charge in [-0.15, -0.1) is 0 Å². The van der Waals surface area contributed by atoms with E-state index in [0.29, 0.717) is 17.2 Å². The molecule has 0 bridgehead atoms. The molecule has 0 saturated carbocycles. The number of rotatable bonds is 4. The SMILES string of the molecule is CCC(CC)C(=O)Oc1ccc2c(c1)OCC(=O)N2. The van der Waals surface area contributed by atoms with Gasteiger partial charge in [0.1, 0.15) is 11.5 Å². The quantitative estimate of drug-likeness (QED) is 0.669. The Morgan fingerprint density at radius 3 is 2.84 bits per heavy atom. The first kappa shape index (κ1) is 13.4. The summed E-state index contributed by atoms with van der Waals surface area (Å²) in [5, 5.41) is 2.68. The predicted octanol–water partition coefficient (Wildman–Crippen LogP) is 2.36. The fourth-order valence-corrected chi connectivity index (χ4v) is 1.94. The van der Waals surface area contributed by atoms with Crippen LogP contribution in [0.25, 0.3) is 0 Å². The third-order valence-electron chi connectivity index (χ3n) is 3.12. The standard InChI is InChI=1S/C14H17NO4/c1-3-9(4-2)14(17)19-10-5-6-11-12(7-10)18-8-13(16)15-11/h5-7,9H,3-4,8H2,1-2H3,(H,15,16). The summed E-state index contributed by atoms with van der Waals surface area (Å²) < 4.78 is 10.6. The average Bonchev–Trinajstić information content (AvgIpc) is 2.40. The molecule has 0 fully saturated rings. The molecule has 0 aliphatic carbocycles. The van der Waals surface area contributed by atoms with Gasteiger partial charge in [-0.05, 0) is 25.0 Å². The molecule has 19 heavy (non-hydrogen) atoms. The van der Waals surface area contributed by atoms with E-state index in [4.69, 9.17) is 9.47 Å². The van der Waals surface area contributed by atoms with Gasteiger partial charge in [-0.2, -0.15) is 0 Å². The van der Waals surface area contributed by atoms with Crippen molar-refractivity contribution >= 4 is 17.6 Å². The number of hydrogen-bond donors (Lipinski definition) is 1. The minimum Gasteiger partial charge on any atom is -0.481 e. The molecule has 102 valence electrons. The summed E-state index contributed by atoms with van der Waals surface area (Å²) in [7, 11) is 0. The van der Waals surface area contributed by atoms with E-state index in [1.807, 2.05) is 13.8 Å². The zero-order valence-corrected chi connectivity index (χ0v) is 11.1. The first-order valence-electron chi connectivity index (χ1n) is 6.42. The molecule has 0 saturated heterocycles. The highest BCUT2D eigenvalue weighted by atomic mass is 16.5. The van der Waals surface area contributed by atoms with Crippen molar-refractivity contribution in [1.82, 2.24) is 0 Å². The van der Waals surface area contributed by atoms with Crippen molar-refractivity contribution in [2.24, 2.45) is 5.92 Å². The number of benzene rings is 1. The van der Waals surface area contributed by atoms with E-state index in [2.05, 4.69) is 5.32 Å². The van der Waals surface area contributed by atoms with E-state index in [0.717, 1.165) is 12.8 Å². The number of fused-ring (bicyclic) bond motifs is 1. The Hall–Kier alpha value is -2.04. The van der Waals surface area contributed by atoms with Crippen LogP contribution in [-0.2, 0) is 9.59 Å². The Kier molecular flexibility index (Phi) is 4.04. The lowest BCUT2D eigenvalue weighted by Crippen LogP contribution is -2.25. The average molecular weight is 263 g/mol. The normalized spacial score (nSPS) is 13.5. The molecule has 1 amide bonds. The zero-order chi connectivity index (χ0) is 13.8. The van der Waals surface area contributed by atoms with Crippen LogP contribution in [0, 0.1) is 5.92 Å². The third kappa shape index (κ3) is 3.05. The molecule has 0 aromatic heterocycles. The summed E-state index contributed by atoms with van der Waals surface area (Å²) in [5.74, 6) is 0.456. The summed E-state index contributed by atoms with van der Waals surface area (Å²) in [4.78, 5) is 23.0. The maximum absolute atomic E-state index is 11.9. The highest BCUT2D eigenvalue weighted by molar-refractivity contribution is 5.95. The Labute approximate surface area is 111 Å². The Morgan fingerprint density at radius 1 is 1.42 bits per heavy atom. The summed E-state index contributed by atoms with van der Waals surface area (Å²) in [6.45, 7) is 3.90. The number of ether oxygens (including phenoxy) is 2. The lowest BCUT2D eigenvalue weighted by Gasteiger charge is -2.19. The number of carbonyl (C=O) groups excluding carboxylic acids is 2. The van der Waals surface area contributed by atoms with Crippen LogP contribution in [0.3, 0.4) is 0 Å². The summed E-state index contributed by atoms with van der Waals surface area (Å²) in [6, 6.07) is 4.94. The summed E-state index contributed by atoms with van der Waals surface area (Å²) >= 11 is 0. The van der Waals surface area contributed by atoms with Crippen LogP contribution in [0.4, 0.5) is 5.69 Å². The van der Waals surface area contributed by atoms with Crippen molar-refractivity contribution < 1.29 is 19.1 Å². The van der Waals surface area contributed by atoms with E-state index in [1.54, 1.807) is 18.2 Å². The molecule has 0 unspecified atom stereocenters. The van der Waals surface area contributed by atoms with E-state index >= 15 is 0 Å². The molecule has 5 nitrogen and oxygen atoms in total. The van der Waals surface area contributed by atoms with Gasteiger partial charge in [0.2, 0.25) is 0 Å². The summed E-state index contributed by atoms with van der Waals surface area (Å²) in [5.41, 5.74) is 0.596. The predicted molar refractivity (Wildman–Crippen MR) is 70.3 cm³/mol. The van der Waals surface area contributed by atoms with Crippen molar-refractivity contribution in [2.45, 2.75) is 26.7 Å². The molecule has 1 aromatic carbocycles. The molecular weight excluding hydrogens is 246 g/mol. The van der Waals surface area contributed by atoms with Gasteiger partial charge >= 0.3 is 5.97 Å². The molecular formula is C14H17NO4. The van der Waals surface area contributed by atoms with Crippen LogP contribution in [0.15, 0.2) is 18.2 Å². The number of anilines is 1. The minimum atomic E-state index is -0.232. The topological polar surface area (TPSA) is 64.6 Å². The second-order valence-corrected chi connectivity index (χ2v) is 4.43. The van der Waals surface area contributed by atoms with E-state index in [9.17, 15) is 9.59 Å². The molecule has 0 radical (unpaired) electrons. The number of carbonyl (C=O) groups is 2. The number of hydrogen-bond acceptors (Lipinski definition) is 4. The monoisotopic (exact) mass is 263 g/mol. The first-order chi connectivity index (χ1) is 9.13. The molecule has 5 heteroatoms. The van der Waals surface area contributed by atoms with Crippen LogP contribution in [0.2, 0.25) is 0 Å². The summed E-state index contributed by atoms with van der Waals surface area (Å²) in [6.07, 6.45) is 1.51. The van der Waals surface area contributed by atoms with Crippen molar-refractivity contribution in [3.8, 4) is 11.5 Å². The van der Waals surface area contributed by atoms with E-state index in [1.165, 1.54) is 0 Å². The van der Waals surface area contributed by atoms with Gasteiger partial charge in [0.05, 0.1) is 11.6 Å². The fourth-order valence-electron chi connectivity index (χ4n) is 1.94. The van der Waals surface area contributed by atoms with Crippen LogP contribution in [0.1, 0.15) is 26.7 Å². The fraction of sp³-hybridized carbons (Fsp3) is 0.429. The van der Waals surface area contributed by atoms with Gasteiger partial charge in [-0.3, -0.25) is 9.59 Å². The van der Waals surface area contributed by atoms with Crippen LogP contribution in [-0.4, -0.2) is 18.5 Å². The lowest BCUT2D eigenvalue weighted by molar-refractivity contribution is -0.139. The van der Waals surface area contributed by atoms with Crippen molar-refractivity contribution in [3.63, 3.8) is 0 Å². The molecule has 1 aliphatic rings.